The molecule has 114 valence electrons. The molecule has 0 heterocycles. The zero-order valence-corrected chi connectivity index (χ0v) is 13.0. The summed E-state index contributed by atoms with van der Waals surface area (Å²) in [5.74, 6) is 0. The summed E-state index contributed by atoms with van der Waals surface area (Å²) in [6, 6.07) is 20.1. The second-order valence-corrected chi connectivity index (χ2v) is 6.80. The summed E-state index contributed by atoms with van der Waals surface area (Å²) in [5.41, 5.74) is 1.08. The van der Waals surface area contributed by atoms with E-state index in [0.717, 1.165) is 5.56 Å². The second kappa shape index (κ2) is 7.74. The maximum Gasteiger partial charge on any atom is 0.243 e. The minimum atomic E-state index is -3.56. The molecular formula is C17H18N2O2S. The van der Waals surface area contributed by atoms with Crippen molar-refractivity contribution >= 4 is 10.0 Å². The zero-order valence-electron chi connectivity index (χ0n) is 12.2. The van der Waals surface area contributed by atoms with Crippen LogP contribution in [0.25, 0.3) is 0 Å². The third-order valence-corrected chi connectivity index (χ3v) is 5.26. The van der Waals surface area contributed by atoms with Gasteiger partial charge in [0.25, 0.3) is 0 Å². The third kappa shape index (κ3) is 4.17. The minimum Gasteiger partial charge on any atom is -0.207 e. The van der Waals surface area contributed by atoms with Crippen LogP contribution in [0.4, 0.5) is 0 Å². The SMILES string of the molecule is N#CCCN(CCc1ccccc1)S(=O)(=O)c1ccccc1. The van der Waals surface area contributed by atoms with Gasteiger partial charge in [-0.25, -0.2) is 8.42 Å². The molecule has 0 spiro atoms. The van der Waals surface area contributed by atoms with E-state index in [-0.39, 0.29) is 17.9 Å². The van der Waals surface area contributed by atoms with Gasteiger partial charge in [-0.1, -0.05) is 48.5 Å². The molecule has 0 atom stereocenters. The third-order valence-electron chi connectivity index (χ3n) is 3.35. The standard InChI is InChI=1S/C17H18N2O2S/c18-13-7-14-19(15-12-16-8-3-1-4-9-16)22(20,21)17-10-5-2-6-11-17/h1-6,8-11H,7,12,14-15H2. The molecule has 0 radical (unpaired) electrons. The summed E-state index contributed by atoms with van der Waals surface area (Å²) in [6.07, 6.45) is 0.805. The summed E-state index contributed by atoms with van der Waals surface area (Å²) in [4.78, 5) is 0.265. The first kappa shape index (κ1) is 16.2. The second-order valence-electron chi connectivity index (χ2n) is 4.86. The van der Waals surface area contributed by atoms with Crippen LogP contribution in [0.2, 0.25) is 0 Å². The van der Waals surface area contributed by atoms with Crippen molar-refractivity contribution < 1.29 is 8.42 Å². The molecule has 0 aromatic heterocycles. The lowest BCUT2D eigenvalue weighted by Gasteiger charge is -2.21. The first-order chi connectivity index (χ1) is 10.6. The maximum absolute atomic E-state index is 12.7. The van der Waals surface area contributed by atoms with Gasteiger partial charge in [-0.3, -0.25) is 0 Å². The van der Waals surface area contributed by atoms with E-state index in [9.17, 15) is 8.42 Å². The van der Waals surface area contributed by atoms with Gasteiger partial charge in [-0.15, -0.1) is 0 Å². The number of hydrogen-bond donors (Lipinski definition) is 0. The van der Waals surface area contributed by atoms with Crippen LogP contribution in [0, 0.1) is 11.3 Å². The lowest BCUT2D eigenvalue weighted by atomic mass is 10.1. The molecule has 2 aromatic rings. The van der Waals surface area contributed by atoms with Gasteiger partial charge in [0.15, 0.2) is 0 Å². The predicted octanol–water partition coefficient (Wildman–Crippen LogP) is 2.83. The smallest absolute Gasteiger partial charge is 0.207 e. The molecule has 0 unspecified atom stereocenters. The molecule has 5 heteroatoms. The van der Waals surface area contributed by atoms with E-state index in [1.54, 1.807) is 30.3 Å². The van der Waals surface area contributed by atoms with E-state index >= 15 is 0 Å². The van der Waals surface area contributed by atoms with Gasteiger partial charge < -0.3 is 0 Å². The highest BCUT2D eigenvalue weighted by atomic mass is 32.2. The number of benzene rings is 2. The average Bonchev–Trinajstić information content (AvgIpc) is 2.56. The fraction of sp³-hybridized carbons (Fsp3) is 0.235. The number of nitriles is 1. The first-order valence-electron chi connectivity index (χ1n) is 7.10. The van der Waals surface area contributed by atoms with Crippen molar-refractivity contribution in [3.05, 3.63) is 66.2 Å². The molecule has 0 fully saturated rings. The molecule has 2 aromatic carbocycles. The molecule has 0 amide bonds. The van der Waals surface area contributed by atoms with Gasteiger partial charge in [-0.2, -0.15) is 9.57 Å². The fourth-order valence-electron chi connectivity index (χ4n) is 2.17. The summed E-state index contributed by atoms with van der Waals surface area (Å²) in [7, 11) is -3.56. The Morgan fingerprint density at radius 3 is 2.09 bits per heavy atom. The molecular weight excluding hydrogens is 296 g/mol. The summed E-state index contributed by atoms with van der Waals surface area (Å²) in [6.45, 7) is 0.573. The van der Waals surface area contributed by atoms with Crippen molar-refractivity contribution in [2.45, 2.75) is 17.7 Å². The van der Waals surface area contributed by atoms with Crippen LogP contribution in [0.3, 0.4) is 0 Å². The van der Waals surface area contributed by atoms with Crippen molar-refractivity contribution in [2.24, 2.45) is 0 Å². The monoisotopic (exact) mass is 314 g/mol. The molecule has 0 aliphatic heterocycles. The van der Waals surface area contributed by atoms with E-state index in [2.05, 4.69) is 0 Å². The molecule has 4 nitrogen and oxygen atoms in total. The van der Waals surface area contributed by atoms with Gasteiger partial charge in [0.05, 0.1) is 11.0 Å². The van der Waals surface area contributed by atoms with Crippen LogP contribution in [-0.4, -0.2) is 25.8 Å². The fourth-order valence-corrected chi connectivity index (χ4v) is 3.63. The minimum absolute atomic E-state index is 0.181. The van der Waals surface area contributed by atoms with Crippen LogP contribution in [0.15, 0.2) is 65.6 Å². The van der Waals surface area contributed by atoms with E-state index in [4.69, 9.17) is 5.26 Å². The van der Waals surface area contributed by atoms with E-state index in [0.29, 0.717) is 13.0 Å². The van der Waals surface area contributed by atoms with Gasteiger partial charge in [-0.05, 0) is 24.1 Å². The predicted molar refractivity (Wildman–Crippen MR) is 85.6 cm³/mol. The van der Waals surface area contributed by atoms with Crippen molar-refractivity contribution in [3.63, 3.8) is 0 Å². The Morgan fingerprint density at radius 1 is 0.909 bits per heavy atom. The highest BCUT2D eigenvalue weighted by molar-refractivity contribution is 7.89. The van der Waals surface area contributed by atoms with Crippen LogP contribution < -0.4 is 0 Å². The summed E-state index contributed by atoms with van der Waals surface area (Å²) < 4.78 is 26.7. The van der Waals surface area contributed by atoms with Crippen molar-refractivity contribution in [1.29, 1.82) is 5.26 Å². The molecule has 0 bridgehead atoms. The van der Waals surface area contributed by atoms with Crippen LogP contribution in [-0.2, 0) is 16.4 Å². The van der Waals surface area contributed by atoms with Crippen LogP contribution in [0.1, 0.15) is 12.0 Å². The Bertz CT molecular complexity index is 722. The number of nitrogens with zero attached hydrogens (tertiary/aromatic N) is 2. The largest absolute Gasteiger partial charge is 0.243 e. The summed E-state index contributed by atoms with van der Waals surface area (Å²) >= 11 is 0. The topological polar surface area (TPSA) is 61.2 Å². The number of sulfonamides is 1. The Balaban J connectivity index is 2.17. The maximum atomic E-state index is 12.7. The number of hydrogen-bond acceptors (Lipinski definition) is 3. The molecule has 0 aliphatic carbocycles. The molecule has 22 heavy (non-hydrogen) atoms. The lowest BCUT2D eigenvalue weighted by Crippen LogP contribution is -2.33. The van der Waals surface area contributed by atoms with Crippen LogP contribution in [0.5, 0.6) is 0 Å². The van der Waals surface area contributed by atoms with Gasteiger partial charge in [0, 0.05) is 19.5 Å². The number of rotatable bonds is 7. The van der Waals surface area contributed by atoms with Crippen molar-refractivity contribution in [3.8, 4) is 6.07 Å². The highest BCUT2D eigenvalue weighted by Crippen LogP contribution is 2.16. The van der Waals surface area contributed by atoms with Gasteiger partial charge in [0.1, 0.15) is 0 Å². The quantitative estimate of drug-likeness (QED) is 0.789. The first-order valence-corrected chi connectivity index (χ1v) is 8.54. The van der Waals surface area contributed by atoms with Crippen LogP contribution >= 0.6 is 0 Å². The Labute approximate surface area is 131 Å². The van der Waals surface area contributed by atoms with Gasteiger partial charge in [0.2, 0.25) is 10.0 Å². The van der Waals surface area contributed by atoms with E-state index in [1.165, 1.54) is 4.31 Å². The Morgan fingerprint density at radius 2 is 1.50 bits per heavy atom. The molecule has 0 saturated carbocycles. The summed E-state index contributed by atoms with van der Waals surface area (Å²) in [5, 5.41) is 8.77. The van der Waals surface area contributed by atoms with Gasteiger partial charge >= 0.3 is 0 Å². The van der Waals surface area contributed by atoms with Crippen molar-refractivity contribution in [1.82, 2.24) is 4.31 Å². The highest BCUT2D eigenvalue weighted by Gasteiger charge is 2.23. The molecule has 2 rings (SSSR count). The normalized spacial score (nSPS) is 11.3. The molecule has 0 aliphatic rings. The Hall–Kier alpha value is -2.16. The Kier molecular flexibility index (Phi) is 5.70. The van der Waals surface area contributed by atoms with E-state index < -0.39 is 10.0 Å². The lowest BCUT2D eigenvalue weighted by molar-refractivity contribution is 0.421. The zero-order chi connectivity index (χ0) is 15.8. The van der Waals surface area contributed by atoms with Crippen molar-refractivity contribution in [2.75, 3.05) is 13.1 Å². The van der Waals surface area contributed by atoms with E-state index in [1.807, 2.05) is 36.4 Å². The molecule has 0 saturated heterocycles. The molecule has 0 N–H and O–H groups in total. The average molecular weight is 314 g/mol.